The van der Waals surface area contributed by atoms with Gasteiger partial charge in [-0.3, -0.25) is 14.4 Å². The zero-order valence-corrected chi connectivity index (χ0v) is 18.1. The van der Waals surface area contributed by atoms with Crippen LogP contribution in [0.3, 0.4) is 0 Å². The van der Waals surface area contributed by atoms with Crippen LogP contribution in [-0.2, 0) is 23.8 Å². The van der Waals surface area contributed by atoms with E-state index >= 15 is 0 Å². The van der Waals surface area contributed by atoms with Gasteiger partial charge in [0.2, 0.25) is 4.38 Å². The average Bonchev–Trinajstić information content (AvgIpc) is 2.68. The number of hydrogen-bond acceptors (Lipinski definition) is 8. The number of carbonyl (C=O) groups is 3. The molecular weight excluding hydrogens is 424 g/mol. The second-order valence-corrected chi connectivity index (χ2v) is 8.45. The number of rotatable bonds is 7. The Morgan fingerprint density at radius 2 is 1.75 bits per heavy atom. The van der Waals surface area contributed by atoms with Crippen LogP contribution in [0.1, 0.15) is 30.1 Å². The smallest absolute Gasteiger partial charge is 0.324 e. The van der Waals surface area contributed by atoms with E-state index in [0.717, 1.165) is 11.8 Å². The largest absolute Gasteiger partial charge is 0.479 e. The molecule has 28 heavy (non-hydrogen) atoms. The summed E-state index contributed by atoms with van der Waals surface area (Å²) in [7, 11) is 2.42. The van der Waals surface area contributed by atoms with Crippen molar-refractivity contribution in [2.45, 2.75) is 25.0 Å². The fourth-order valence-corrected chi connectivity index (χ4v) is 5.17. The molecule has 0 spiro atoms. The minimum atomic E-state index is -1.51. The number of thioether (sulfide) groups is 1. The van der Waals surface area contributed by atoms with Gasteiger partial charge in [0.25, 0.3) is 0 Å². The molecule has 1 aliphatic rings. The number of carbonyl (C=O) groups excluding carboxylic acids is 3. The number of ketones is 1. The van der Waals surface area contributed by atoms with E-state index in [-0.39, 0.29) is 28.9 Å². The molecule has 1 aromatic carbocycles. The number of Topliss-reactive ketones (excluding diaryl/α,β-unsaturated/α-hetero) is 1. The van der Waals surface area contributed by atoms with Crippen molar-refractivity contribution in [3.63, 3.8) is 0 Å². The molecule has 152 valence electrons. The fourth-order valence-electron chi connectivity index (χ4n) is 3.35. The van der Waals surface area contributed by atoms with Crippen molar-refractivity contribution in [1.29, 1.82) is 0 Å². The number of halogens is 1. The molecule has 0 heterocycles. The van der Waals surface area contributed by atoms with Crippen LogP contribution >= 0.6 is 35.6 Å². The third-order valence-electron chi connectivity index (χ3n) is 4.70. The minimum Gasteiger partial charge on any atom is -0.479 e. The number of hydrogen-bond donors (Lipinski definition) is 0. The average molecular weight is 445 g/mol. The molecule has 1 aromatic rings. The van der Waals surface area contributed by atoms with Crippen LogP contribution in [0.15, 0.2) is 24.3 Å². The number of benzene rings is 1. The first-order valence-corrected chi connectivity index (χ1v) is 10.3. The van der Waals surface area contributed by atoms with E-state index in [4.69, 9.17) is 38.0 Å². The van der Waals surface area contributed by atoms with Crippen molar-refractivity contribution < 1.29 is 28.6 Å². The van der Waals surface area contributed by atoms with Gasteiger partial charge in [0, 0.05) is 22.3 Å². The zero-order valence-electron chi connectivity index (χ0n) is 15.7. The third kappa shape index (κ3) is 4.50. The summed E-state index contributed by atoms with van der Waals surface area (Å²) in [4.78, 5) is 37.6. The van der Waals surface area contributed by atoms with Gasteiger partial charge in [0.15, 0.2) is 11.2 Å². The maximum absolute atomic E-state index is 12.7. The van der Waals surface area contributed by atoms with Gasteiger partial charge in [-0.1, -0.05) is 23.4 Å². The molecule has 0 bridgehead atoms. The van der Waals surface area contributed by atoms with Gasteiger partial charge in [0.05, 0.1) is 20.8 Å². The highest BCUT2D eigenvalue weighted by molar-refractivity contribution is 8.23. The van der Waals surface area contributed by atoms with E-state index in [0.29, 0.717) is 17.2 Å². The van der Waals surface area contributed by atoms with Gasteiger partial charge >= 0.3 is 11.9 Å². The van der Waals surface area contributed by atoms with Gasteiger partial charge in [-0.15, -0.1) is 0 Å². The number of thiocarbonyl (C=S) groups is 1. The zero-order chi connectivity index (χ0) is 20.9. The topological polar surface area (TPSA) is 78.9 Å². The van der Waals surface area contributed by atoms with Crippen LogP contribution in [-0.4, -0.2) is 48.2 Å². The lowest BCUT2D eigenvalue weighted by Crippen LogP contribution is -2.61. The monoisotopic (exact) mass is 444 g/mol. The van der Waals surface area contributed by atoms with Crippen molar-refractivity contribution in [2.24, 2.45) is 11.3 Å². The summed E-state index contributed by atoms with van der Waals surface area (Å²) in [5, 5.41) is -0.0891. The lowest BCUT2D eigenvalue weighted by molar-refractivity contribution is -0.178. The maximum Gasteiger partial charge on any atom is 0.324 e. The molecule has 0 aliphatic heterocycles. The van der Waals surface area contributed by atoms with Crippen LogP contribution in [0.2, 0.25) is 5.02 Å². The Hall–Kier alpha value is -1.64. The molecular formula is C19H21ClO6S2. The van der Waals surface area contributed by atoms with Crippen LogP contribution in [0.5, 0.6) is 0 Å². The van der Waals surface area contributed by atoms with E-state index < -0.39 is 22.6 Å². The second kappa shape index (κ2) is 9.71. The molecule has 6 nitrogen and oxygen atoms in total. The van der Waals surface area contributed by atoms with Crippen molar-refractivity contribution >= 4 is 57.7 Å². The first-order chi connectivity index (χ1) is 13.3. The number of ether oxygens (including phenoxy) is 3. The van der Waals surface area contributed by atoms with Crippen LogP contribution < -0.4 is 0 Å². The molecule has 0 N–H and O–H groups in total. The predicted octanol–water partition coefficient (Wildman–Crippen LogP) is 3.69. The highest BCUT2D eigenvalue weighted by Crippen LogP contribution is 2.56. The first-order valence-electron chi connectivity index (χ1n) is 8.59. The van der Waals surface area contributed by atoms with Gasteiger partial charge in [0.1, 0.15) is 0 Å². The van der Waals surface area contributed by atoms with Gasteiger partial charge in [-0.05, 0) is 55.7 Å². The van der Waals surface area contributed by atoms with Gasteiger partial charge in [-0.25, -0.2) is 0 Å². The lowest BCUT2D eigenvalue weighted by Gasteiger charge is -2.49. The van der Waals surface area contributed by atoms with E-state index in [9.17, 15) is 14.4 Å². The lowest BCUT2D eigenvalue weighted by atomic mass is 9.59. The minimum absolute atomic E-state index is 0.113. The number of methoxy groups -OCH3 is 2. The van der Waals surface area contributed by atoms with Crippen molar-refractivity contribution in [3.8, 4) is 0 Å². The molecule has 0 unspecified atom stereocenters. The van der Waals surface area contributed by atoms with E-state index in [1.54, 1.807) is 31.2 Å². The summed E-state index contributed by atoms with van der Waals surface area (Å²) in [6.45, 7) is 2.14. The Labute approximate surface area is 178 Å². The van der Waals surface area contributed by atoms with Crippen molar-refractivity contribution in [1.82, 2.24) is 0 Å². The maximum atomic E-state index is 12.7. The SMILES string of the molecule is CCOC(=S)S[C@@H]1[C@@H](CC(=O)c2ccc(Cl)cc2)CC1(C(=O)OC)C(=O)OC. The Kier molecular flexibility index (Phi) is 7.86. The molecule has 0 saturated heterocycles. The molecule has 0 radical (unpaired) electrons. The molecule has 1 aliphatic carbocycles. The molecule has 2 rings (SSSR count). The second-order valence-electron chi connectivity index (χ2n) is 6.27. The van der Waals surface area contributed by atoms with Crippen LogP contribution in [0.25, 0.3) is 0 Å². The summed E-state index contributed by atoms with van der Waals surface area (Å²) < 4.78 is 15.2. The van der Waals surface area contributed by atoms with Crippen molar-refractivity contribution in [3.05, 3.63) is 34.9 Å². The highest BCUT2D eigenvalue weighted by Gasteiger charge is 2.66. The standard InChI is InChI=1S/C19H21ClO6S2/c1-4-26-18(27)28-15-12(9-14(21)11-5-7-13(20)8-6-11)10-19(15,16(22)24-2)17(23)25-3/h5-8,12,15H,4,9-10H2,1-3H3/t12-,15+/m0/s1. The fraction of sp³-hybridized carbons (Fsp3) is 0.474. The summed E-state index contributed by atoms with van der Waals surface area (Å²) in [5.74, 6) is -1.79. The predicted molar refractivity (Wildman–Crippen MR) is 111 cm³/mol. The quantitative estimate of drug-likeness (QED) is 0.272. The third-order valence-corrected chi connectivity index (χ3v) is 6.71. The Morgan fingerprint density at radius 1 is 1.18 bits per heavy atom. The molecule has 2 atom stereocenters. The summed E-state index contributed by atoms with van der Waals surface area (Å²) >= 11 is 12.1. The normalized spacial score (nSPS) is 19.9. The summed E-state index contributed by atoms with van der Waals surface area (Å²) in [5.41, 5.74) is -1.01. The Bertz CT molecular complexity index is 748. The van der Waals surface area contributed by atoms with E-state index in [2.05, 4.69) is 0 Å². The first kappa shape index (κ1) is 22.6. The van der Waals surface area contributed by atoms with Gasteiger partial charge in [-0.2, -0.15) is 0 Å². The number of esters is 2. The highest BCUT2D eigenvalue weighted by atomic mass is 35.5. The molecule has 1 fully saturated rings. The molecule has 0 amide bonds. The van der Waals surface area contributed by atoms with Crippen LogP contribution in [0.4, 0.5) is 0 Å². The summed E-state index contributed by atoms with van der Waals surface area (Å²) in [6, 6.07) is 6.56. The molecule has 1 saturated carbocycles. The molecule has 0 aromatic heterocycles. The van der Waals surface area contributed by atoms with Gasteiger partial charge < -0.3 is 14.2 Å². The Morgan fingerprint density at radius 3 is 2.25 bits per heavy atom. The van der Waals surface area contributed by atoms with E-state index in [1.165, 1.54) is 14.2 Å². The van der Waals surface area contributed by atoms with E-state index in [1.807, 2.05) is 0 Å². The van der Waals surface area contributed by atoms with Crippen LogP contribution in [0, 0.1) is 11.3 Å². The van der Waals surface area contributed by atoms with Crippen molar-refractivity contribution in [2.75, 3.05) is 20.8 Å². The summed E-state index contributed by atoms with van der Waals surface area (Å²) in [6.07, 6.45) is 0.280. The molecule has 9 heteroatoms. The Balaban J connectivity index is 2.26.